The van der Waals surface area contributed by atoms with Crippen LogP contribution in [0.2, 0.25) is 0 Å². The number of fused-ring (bicyclic) bond motifs is 1. The maximum Gasteiger partial charge on any atom is 0.250 e. The number of anilines is 3. The second-order valence-electron chi connectivity index (χ2n) is 10.8. The van der Waals surface area contributed by atoms with Gasteiger partial charge in [-0.25, -0.2) is 9.97 Å². The van der Waals surface area contributed by atoms with Gasteiger partial charge >= 0.3 is 0 Å². The van der Waals surface area contributed by atoms with E-state index in [1.54, 1.807) is 23.2 Å². The maximum absolute atomic E-state index is 13.0. The van der Waals surface area contributed by atoms with Crippen LogP contribution in [0.1, 0.15) is 42.1 Å². The van der Waals surface area contributed by atoms with Gasteiger partial charge < -0.3 is 19.9 Å². The van der Waals surface area contributed by atoms with Gasteiger partial charge in [-0.3, -0.25) is 9.59 Å². The van der Waals surface area contributed by atoms with Gasteiger partial charge in [-0.2, -0.15) is 0 Å². The minimum absolute atomic E-state index is 0.115. The van der Waals surface area contributed by atoms with E-state index in [2.05, 4.69) is 53.8 Å². The lowest BCUT2D eigenvalue weighted by molar-refractivity contribution is -0.115. The lowest BCUT2D eigenvalue weighted by Crippen LogP contribution is -2.43. The number of hydrogen-bond acceptors (Lipinski definition) is 6. The Kier molecular flexibility index (Phi) is 8.52. The average molecular weight is 564 g/mol. The molecule has 0 radical (unpaired) electrons. The van der Waals surface area contributed by atoms with E-state index in [-0.39, 0.29) is 17.9 Å². The molecule has 1 fully saturated rings. The number of aromatic nitrogens is 2. The molecule has 0 bridgehead atoms. The number of rotatable bonds is 9. The molecule has 4 aromatic rings. The molecular formula is C34H37N5O3. The number of amides is 2. The van der Waals surface area contributed by atoms with E-state index >= 15 is 0 Å². The summed E-state index contributed by atoms with van der Waals surface area (Å²) in [6.45, 7) is 13.2. The fraction of sp³-hybridized carbons (Fsp3) is 0.294. The quantitative estimate of drug-likeness (QED) is 0.241. The molecule has 0 saturated carbocycles. The third-order valence-corrected chi connectivity index (χ3v) is 7.88. The third kappa shape index (κ3) is 6.12. The molecule has 2 amide bonds. The van der Waals surface area contributed by atoms with Crippen molar-refractivity contribution in [1.82, 2.24) is 9.97 Å². The Bertz CT molecular complexity index is 1630. The molecule has 1 saturated heterocycles. The zero-order valence-electron chi connectivity index (χ0n) is 24.7. The van der Waals surface area contributed by atoms with E-state index in [0.29, 0.717) is 24.7 Å². The van der Waals surface area contributed by atoms with E-state index in [1.807, 2.05) is 31.2 Å². The fourth-order valence-electron chi connectivity index (χ4n) is 5.68. The second-order valence-corrected chi connectivity index (χ2v) is 10.8. The highest BCUT2D eigenvalue weighted by molar-refractivity contribution is 6.01. The number of benzene rings is 2. The highest BCUT2D eigenvalue weighted by atomic mass is 16.5. The van der Waals surface area contributed by atoms with Gasteiger partial charge in [0.25, 0.3) is 0 Å². The lowest BCUT2D eigenvalue weighted by atomic mass is 10.0. The molecule has 1 N–H and O–H groups in total. The highest BCUT2D eigenvalue weighted by Gasteiger charge is 2.30. The first-order valence-electron chi connectivity index (χ1n) is 14.3. The lowest BCUT2D eigenvalue weighted by Gasteiger charge is -2.33. The van der Waals surface area contributed by atoms with Crippen LogP contribution in [0.15, 0.2) is 73.4 Å². The van der Waals surface area contributed by atoms with Crippen molar-refractivity contribution in [2.45, 2.75) is 53.2 Å². The number of carbonyl (C=O) groups is 2. The van der Waals surface area contributed by atoms with Gasteiger partial charge in [0.1, 0.15) is 23.7 Å². The maximum atomic E-state index is 13.0. The van der Waals surface area contributed by atoms with Crippen LogP contribution in [0.4, 0.5) is 17.2 Å². The smallest absolute Gasteiger partial charge is 0.250 e. The molecule has 5 rings (SSSR count). The minimum Gasteiger partial charge on any atom is -0.487 e. The van der Waals surface area contributed by atoms with Crippen molar-refractivity contribution < 1.29 is 14.3 Å². The van der Waals surface area contributed by atoms with E-state index in [1.165, 1.54) is 24.1 Å². The number of pyridine rings is 2. The fourth-order valence-corrected chi connectivity index (χ4v) is 5.68. The van der Waals surface area contributed by atoms with Crippen LogP contribution in [-0.2, 0) is 16.2 Å². The first kappa shape index (κ1) is 28.8. The van der Waals surface area contributed by atoms with Crippen LogP contribution in [0.5, 0.6) is 5.75 Å². The average Bonchev–Trinajstić information content (AvgIpc) is 3.43. The molecular weight excluding hydrogens is 526 g/mol. The van der Waals surface area contributed by atoms with Crippen LogP contribution in [-0.4, -0.2) is 40.9 Å². The summed E-state index contributed by atoms with van der Waals surface area (Å²) in [4.78, 5) is 37.5. The first-order chi connectivity index (χ1) is 20.2. The number of ether oxygens (including phenoxy) is 1. The topological polar surface area (TPSA) is 87.7 Å². The molecule has 8 nitrogen and oxygen atoms in total. The molecule has 2 aromatic carbocycles. The monoisotopic (exact) mass is 563 g/mol. The zero-order chi connectivity index (χ0) is 29.8. The first-order valence-corrected chi connectivity index (χ1v) is 14.3. The zero-order valence-corrected chi connectivity index (χ0v) is 24.7. The molecule has 1 aliphatic rings. The van der Waals surface area contributed by atoms with Crippen molar-refractivity contribution in [3.8, 4) is 5.75 Å². The molecule has 216 valence electrons. The largest absolute Gasteiger partial charge is 0.487 e. The summed E-state index contributed by atoms with van der Waals surface area (Å²) >= 11 is 0. The second kappa shape index (κ2) is 12.4. The van der Waals surface area contributed by atoms with Crippen molar-refractivity contribution in [3.63, 3.8) is 0 Å². The van der Waals surface area contributed by atoms with Gasteiger partial charge in [0, 0.05) is 42.8 Å². The molecule has 1 aliphatic heterocycles. The molecule has 0 spiro atoms. The number of hydrogen-bond donors (Lipinski definition) is 1. The predicted molar refractivity (Wildman–Crippen MR) is 168 cm³/mol. The summed E-state index contributed by atoms with van der Waals surface area (Å²) in [6, 6.07) is 18.1. The standard InChI is InChI=1S/C34H37N5O3/c1-6-33(41)39(27-15-17-32(35-19-27)37-25(5)40)20-28-10-8-18-38(28)30-16-12-22(2)29(24(30)4)21-42-31-11-7-9-26-14-13-23(3)36-34(26)31/h6-7,9,11-17,19,28H,1,8,10,18,20-21H2,2-5H3,(H,35,37,40)/t28-/m1/s1. The van der Waals surface area contributed by atoms with Crippen molar-refractivity contribution in [3.05, 3.63) is 95.8 Å². The normalized spacial score (nSPS) is 14.6. The number of aryl methyl sites for hydroxylation is 2. The van der Waals surface area contributed by atoms with Crippen molar-refractivity contribution in [1.29, 1.82) is 0 Å². The Labute approximate surface area is 247 Å². The molecule has 42 heavy (non-hydrogen) atoms. The Morgan fingerprint density at radius 2 is 1.95 bits per heavy atom. The van der Waals surface area contributed by atoms with Crippen LogP contribution in [0, 0.1) is 20.8 Å². The summed E-state index contributed by atoms with van der Waals surface area (Å²) < 4.78 is 6.39. The van der Waals surface area contributed by atoms with Crippen molar-refractivity contribution in [2.75, 3.05) is 28.2 Å². The summed E-state index contributed by atoms with van der Waals surface area (Å²) in [5.41, 5.74) is 7.14. The van der Waals surface area contributed by atoms with Gasteiger partial charge in [0.15, 0.2) is 0 Å². The molecule has 3 heterocycles. The molecule has 0 aliphatic carbocycles. The Hall–Kier alpha value is -4.72. The number of carbonyl (C=O) groups excluding carboxylic acids is 2. The summed E-state index contributed by atoms with van der Waals surface area (Å²) in [5, 5.41) is 3.72. The Balaban J connectivity index is 1.38. The summed E-state index contributed by atoms with van der Waals surface area (Å²) in [7, 11) is 0. The summed E-state index contributed by atoms with van der Waals surface area (Å²) in [6.07, 6.45) is 4.93. The highest BCUT2D eigenvalue weighted by Crippen LogP contribution is 2.34. The van der Waals surface area contributed by atoms with Gasteiger partial charge in [0.05, 0.1) is 11.9 Å². The number of nitrogens with one attached hydrogen (secondary N) is 1. The van der Waals surface area contributed by atoms with Gasteiger partial charge in [0.2, 0.25) is 11.8 Å². The van der Waals surface area contributed by atoms with Gasteiger partial charge in [-0.1, -0.05) is 30.8 Å². The van der Waals surface area contributed by atoms with E-state index in [0.717, 1.165) is 53.0 Å². The van der Waals surface area contributed by atoms with E-state index < -0.39 is 0 Å². The van der Waals surface area contributed by atoms with Crippen molar-refractivity contribution in [2.24, 2.45) is 0 Å². The van der Waals surface area contributed by atoms with Crippen molar-refractivity contribution >= 4 is 39.9 Å². The summed E-state index contributed by atoms with van der Waals surface area (Å²) in [5.74, 6) is 0.831. The van der Waals surface area contributed by atoms with Crippen LogP contribution in [0.3, 0.4) is 0 Å². The number of para-hydroxylation sites is 1. The van der Waals surface area contributed by atoms with Crippen LogP contribution >= 0.6 is 0 Å². The SMILES string of the molecule is C=CC(=O)N(C[C@H]1CCCN1c1ccc(C)c(COc2cccc3ccc(C)nc23)c1C)c1ccc(NC(C)=O)nc1. The minimum atomic E-state index is -0.196. The predicted octanol–water partition coefficient (Wildman–Crippen LogP) is 6.28. The van der Waals surface area contributed by atoms with Crippen LogP contribution in [0.25, 0.3) is 10.9 Å². The van der Waals surface area contributed by atoms with Gasteiger partial charge in [-0.15, -0.1) is 0 Å². The molecule has 0 unspecified atom stereocenters. The third-order valence-electron chi connectivity index (χ3n) is 7.88. The Morgan fingerprint density at radius 3 is 2.69 bits per heavy atom. The molecule has 2 aromatic heterocycles. The Morgan fingerprint density at radius 1 is 1.12 bits per heavy atom. The van der Waals surface area contributed by atoms with E-state index in [4.69, 9.17) is 9.72 Å². The molecule has 8 heteroatoms. The van der Waals surface area contributed by atoms with E-state index in [9.17, 15) is 9.59 Å². The van der Waals surface area contributed by atoms with Gasteiger partial charge in [-0.05, 0) is 86.7 Å². The van der Waals surface area contributed by atoms with Crippen LogP contribution < -0.4 is 19.9 Å². The molecule has 1 atom stereocenters. The number of nitrogens with zero attached hydrogens (tertiary/aromatic N) is 4.